The predicted molar refractivity (Wildman–Crippen MR) is 58.0 cm³/mol. The van der Waals surface area contributed by atoms with Crippen LogP contribution in [0.4, 0.5) is 0 Å². The number of pyridine rings is 1. The molecule has 5 nitrogen and oxygen atoms in total. The summed E-state index contributed by atoms with van der Waals surface area (Å²) >= 11 is 1.17. The monoisotopic (exact) mass is 221 g/mol. The molecule has 0 saturated heterocycles. The lowest BCUT2D eigenvalue weighted by atomic mass is 10.1. The van der Waals surface area contributed by atoms with Crippen LogP contribution in [0.2, 0.25) is 0 Å². The number of nitrogens with zero attached hydrogens (tertiary/aromatic N) is 3. The molecule has 2 heterocycles. The predicted octanol–water partition coefficient (Wildman–Crippen LogP) is 0.794. The second-order valence-corrected chi connectivity index (χ2v) is 3.78. The smallest absolute Gasteiger partial charge is 0.0971 e. The molecule has 6 heteroatoms. The van der Waals surface area contributed by atoms with E-state index in [1.54, 1.807) is 18.6 Å². The van der Waals surface area contributed by atoms with Crippen molar-refractivity contribution < 1.29 is 0 Å². The number of nitrogens with two attached hydrogens (primary N) is 1. The molecule has 0 spiro atoms. The Balaban J connectivity index is 2.35. The van der Waals surface area contributed by atoms with E-state index in [0.29, 0.717) is 0 Å². The van der Waals surface area contributed by atoms with Crippen molar-refractivity contribution in [3.63, 3.8) is 0 Å². The number of hydrogen-bond acceptors (Lipinski definition) is 6. The summed E-state index contributed by atoms with van der Waals surface area (Å²) in [5.41, 5.74) is 5.61. The van der Waals surface area contributed by atoms with Crippen molar-refractivity contribution in [2.45, 2.75) is 13.0 Å². The van der Waals surface area contributed by atoms with Crippen molar-refractivity contribution in [1.29, 1.82) is 0 Å². The number of aromatic nitrogens is 3. The van der Waals surface area contributed by atoms with Crippen LogP contribution in [0.15, 0.2) is 24.7 Å². The van der Waals surface area contributed by atoms with E-state index in [1.165, 1.54) is 11.7 Å². The van der Waals surface area contributed by atoms with E-state index in [2.05, 4.69) is 19.2 Å². The maximum atomic E-state index is 5.51. The summed E-state index contributed by atoms with van der Waals surface area (Å²) in [6.45, 7) is 1.99. The summed E-state index contributed by atoms with van der Waals surface area (Å²) in [5.74, 6) is 5.51. The highest BCUT2D eigenvalue weighted by molar-refractivity contribution is 6.99. The van der Waals surface area contributed by atoms with Crippen LogP contribution in [0.5, 0.6) is 0 Å². The van der Waals surface area contributed by atoms with Gasteiger partial charge in [0.05, 0.1) is 29.7 Å². The topological polar surface area (TPSA) is 76.7 Å². The van der Waals surface area contributed by atoms with Gasteiger partial charge in [-0.3, -0.25) is 10.8 Å². The van der Waals surface area contributed by atoms with Gasteiger partial charge in [0.15, 0.2) is 0 Å². The molecule has 0 fully saturated rings. The van der Waals surface area contributed by atoms with Crippen LogP contribution >= 0.6 is 11.7 Å². The van der Waals surface area contributed by atoms with Crippen LogP contribution in [0.25, 0.3) is 0 Å². The lowest BCUT2D eigenvalue weighted by molar-refractivity contribution is 0.623. The van der Waals surface area contributed by atoms with Crippen LogP contribution in [0.3, 0.4) is 0 Å². The molecule has 2 rings (SSSR count). The zero-order valence-electron chi connectivity index (χ0n) is 8.21. The Labute approximate surface area is 91.7 Å². The Kier molecular flexibility index (Phi) is 3.00. The third-order valence-corrected chi connectivity index (χ3v) is 2.56. The third kappa shape index (κ3) is 2.17. The summed E-state index contributed by atoms with van der Waals surface area (Å²) in [7, 11) is 0. The minimum atomic E-state index is -0.142. The fourth-order valence-electron chi connectivity index (χ4n) is 1.39. The molecule has 0 radical (unpaired) electrons. The van der Waals surface area contributed by atoms with Crippen molar-refractivity contribution in [1.82, 2.24) is 19.2 Å². The van der Waals surface area contributed by atoms with Gasteiger partial charge in [0.25, 0.3) is 0 Å². The maximum absolute atomic E-state index is 5.51. The first kappa shape index (κ1) is 10.2. The highest BCUT2D eigenvalue weighted by Gasteiger charge is 2.15. The molecule has 1 unspecified atom stereocenters. The van der Waals surface area contributed by atoms with Gasteiger partial charge in [-0.15, -0.1) is 0 Å². The second-order valence-electron chi connectivity index (χ2n) is 3.23. The summed E-state index contributed by atoms with van der Waals surface area (Å²) < 4.78 is 8.11. The first-order valence-corrected chi connectivity index (χ1v) is 5.19. The van der Waals surface area contributed by atoms with Gasteiger partial charge in [-0.1, -0.05) is 6.07 Å². The Morgan fingerprint density at radius 3 is 2.87 bits per heavy atom. The zero-order chi connectivity index (χ0) is 10.7. The van der Waals surface area contributed by atoms with Crippen molar-refractivity contribution in [3.8, 4) is 0 Å². The molecule has 15 heavy (non-hydrogen) atoms. The SMILES string of the molecule is Cc1cncc(C(NN)c2cnsn2)c1. The molecular weight excluding hydrogens is 210 g/mol. The summed E-state index contributed by atoms with van der Waals surface area (Å²) in [4.78, 5) is 4.12. The van der Waals surface area contributed by atoms with Gasteiger partial charge < -0.3 is 0 Å². The van der Waals surface area contributed by atoms with Gasteiger partial charge in [-0.05, 0) is 18.1 Å². The van der Waals surface area contributed by atoms with E-state index >= 15 is 0 Å². The molecule has 0 bridgehead atoms. The number of nitrogens with one attached hydrogen (secondary N) is 1. The average molecular weight is 221 g/mol. The Hall–Kier alpha value is -1.37. The van der Waals surface area contributed by atoms with E-state index in [-0.39, 0.29) is 6.04 Å². The summed E-state index contributed by atoms with van der Waals surface area (Å²) in [5, 5.41) is 0. The average Bonchev–Trinajstić information content (AvgIpc) is 2.72. The highest BCUT2D eigenvalue weighted by atomic mass is 32.1. The normalized spacial score (nSPS) is 12.7. The van der Waals surface area contributed by atoms with Crippen LogP contribution in [-0.4, -0.2) is 13.7 Å². The summed E-state index contributed by atoms with van der Waals surface area (Å²) in [6, 6.07) is 1.88. The van der Waals surface area contributed by atoms with Gasteiger partial charge in [-0.2, -0.15) is 8.75 Å². The lowest BCUT2D eigenvalue weighted by Crippen LogP contribution is -2.29. The molecule has 0 aliphatic carbocycles. The van der Waals surface area contributed by atoms with E-state index in [1.807, 2.05) is 13.0 Å². The van der Waals surface area contributed by atoms with Crippen molar-refractivity contribution in [2.24, 2.45) is 5.84 Å². The molecule has 2 aromatic rings. The largest absolute Gasteiger partial charge is 0.271 e. The van der Waals surface area contributed by atoms with Gasteiger partial charge in [0.1, 0.15) is 0 Å². The Morgan fingerprint density at radius 2 is 2.27 bits per heavy atom. The van der Waals surface area contributed by atoms with Crippen molar-refractivity contribution >= 4 is 11.7 Å². The van der Waals surface area contributed by atoms with E-state index in [9.17, 15) is 0 Å². The zero-order valence-corrected chi connectivity index (χ0v) is 9.03. The van der Waals surface area contributed by atoms with Gasteiger partial charge in [0.2, 0.25) is 0 Å². The van der Waals surface area contributed by atoms with E-state index in [0.717, 1.165) is 16.8 Å². The molecule has 0 aromatic carbocycles. The quantitative estimate of drug-likeness (QED) is 0.592. The number of hydrogen-bond donors (Lipinski definition) is 2. The first-order valence-electron chi connectivity index (χ1n) is 4.46. The van der Waals surface area contributed by atoms with Crippen molar-refractivity contribution in [2.75, 3.05) is 0 Å². The minimum absolute atomic E-state index is 0.142. The molecule has 0 aliphatic heterocycles. The molecule has 78 valence electrons. The van der Waals surface area contributed by atoms with Crippen molar-refractivity contribution in [3.05, 3.63) is 41.5 Å². The van der Waals surface area contributed by atoms with Gasteiger partial charge in [-0.25, -0.2) is 5.43 Å². The lowest BCUT2D eigenvalue weighted by Gasteiger charge is -2.13. The Morgan fingerprint density at radius 1 is 1.40 bits per heavy atom. The van der Waals surface area contributed by atoms with E-state index < -0.39 is 0 Å². The highest BCUT2D eigenvalue weighted by Crippen LogP contribution is 2.19. The molecular formula is C9H11N5S. The molecule has 3 N–H and O–H groups in total. The van der Waals surface area contributed by atoms with Gasteiger partial charge in [0, 0.05) is 12.4 Å². The molecule has 2 aromatic heterocycles. The first-order chi connectivity index (χ1) is 7.31. The van der Waals surface area contributed by atoms with E-state index in [4.69, 9.17) is 5.84 Å². The number of aryl methyl sites for hydroxylation is 1. The summed E-state index contributed by atoms with van der Waals surface area (Å²) in [6.07, 6.45) is 5.28. The number of rotatable bonds is 3. The molecule has 0 saturated carbocycles. The molecule has 1 atom stereocenters. The minimum Gasteiger partial charge on any atom is -0.271 e. The van der Waals surface area contributed by atoms with Crippen LogP contribution in [0, 0.1) is 6.92 Å². The van der Waals surface area contributed by atoms with Crippen LogP contribution in [0.1, 0.15) is 22.9 Å². The Bertz CT molecular complexity index is 428. The molecule has 0 aliphatic rings. The number of hydrazine groups is 1. The molecule has 0 amide bonds. The fourth-order valence-corrected chi connectivity index (χ4v) is 1.84. The van der Waals surface area contributed by atoms with Crippen LogP contribution < -0.4 is 11.3 Å². The van der Waals surface area contributed by atoms with Crippen LogP contribution in [-0.2, 0) is 0 Å². The standard InChI is InChI=1S/C9H11N5S/c1-6-2-7(4-11-3-6)9(13-10)8-5-12-15-14-8/h2-5,9,13H,10H2,1H3. The fraction of sp³-hybridized carbons (Fsp3) is 0.222. The third-order valence-electron chi connectivity index (χ3n) is 2.07. The second kappa shape index (κ2) is 4.43. The van der Waals surface area contributed by atoms with Gasteiger partial charge >= 0.3 is 0 Å². The maximum Gasteiger partial charge on any atom is 0.0971 e.